The Kier molecular flexibility index (Phi) is 4.32. The minimum atomic E-state index is -4.71. The fraction of sp³-hybridized carbons (Fsp3) is 0.800. The van der Waals surface area contributed by atoms with E-state index in [1.807, 2.05) is 0 Å². The van der Waals surface area contributed by atoms with E-state index in [1.54, 1.807) is 6.07 Å². The van der Waals surface area contributed by atoms with Gasteiger partial charge in [0, 0.05) is 6.04 Å². The van der Waals surface area contributed by atoms with Gasteiger partial charge in [-0.3, -0.25) is 4.79 Å². The summed E-state index contributed by atoms with van der Waals surface area (Å²) in [5.74, 6) is -6.65. The maximum Gasteiger partial charge on any atom is 0.383 e. The average molecular weight is 252 g/mol. The number of nitrogens with zero attached hydrogens (tertiary/aromatic N) is 2. The van der Waals surface area contributed by atoms with Crippen molar-refractivity contribution in [1.29, 1.82) is 5.26 Å². The van der Waals surface area contributed by atoms with E-state index < -0.39 is 30.8 Å². The molecule has 0 aromatic rings. The number of carbonyl (C=O) groups is 1. The molecule has 0 saturated heterocycles. The Morgan fingerprint density at radius 2 is 1.94 bits per heavy atom. The molecule has 0 unspecified atom stereocenters. The predicted octanol–water partition coefficient (Wildman–Crippen LogP) is 2.18. The summed E-state index contributed by atoms with van der Waals surface area (Å²) in [6, 6.07) is 1.04. The van der Waals surface area contributed by atoms with Crippen LogP contribution in [0.25, 0.3) is 0 Å². The standard InChI is InChI=1S/C10H12F4N2O/c11-8(12)10(13,14)9(17)16(6-5-15)7-3-1-2-4-7/h7-8H,1-4,6H2. The van der Waals surface area contributed by atoms with Crippen LogP contribution >= 0.6 is 0 Å². The third-order valence-corrected chi connectivity index (χ3v) is 2.83. The van der Waals surface area contributed by atoms with Crippen LogP contribution in [0.2, 0.25) is 0 Å². The summed E-state index contributed by atoms with van der Waals surface area (Å²) >= 11 is 0. The molecule has 7 heteroatoms. The average Bonchev–Trinajstić information content (AvgIpc) is 2.77. The van der Waals surface area contributed by atoms with Crippen molar-refractivity contribution in [2.45, 2.75) is 44.1 Å². The Bertz CT molecular complexity index is 321. The minimum absolute atomic E-state index is 0.479. The van der Waals surface area contributed by atoms with Crippen LogP contribution < -0.4 is 0 Å². The first-order valence-corrected chi connectivity index (χ1v) is 5.25. The van der Waals surface area contributed by atoms with Gasteiger partial charge in [0.1, 0.15) is 6.54 Å². The Morgan fingerprint density at radius 1 is 1.41 bits per heavy atom. The largest absolute Gasteiger partial charge is 0.383 e. The highest BCUT2D eigenvalue weighted by Crippen LogP contribution is 2.30. The van der Waals surface area contributed by atoms with Gasteiger partial charge in [0.15, 0.2) is 0 Å². The van der Waals surface area contributed by atoms with Crippen LogP contribution in [0.15, 0.2) is 0 Å². The van der Waals surface area contributed by atoms with Crippen LogP contribution in [0, 0.1) is 11.3 Å². The lowest BCUT2D eigenvalue weighted by Gasteiger charge is -2.29. The third kappa shape index (κ3) is 2.87. The highest BCUT2D eigenvalue weighted by atomic mass is 19.3. The molecule has 1 amide bonds. The van der Waals surface area contributed by atoms with Crippen molar-refractivity contribution in [3.8, 4) is 6.07 Å². The topological polar surface area (TPSA) is 44.1 Å². The zero-order valence-electron chi connectivity index (χ0n) is 9.00. The molecule has 0 aromatic heterocycles. The molecule has 1 saturated carbocycles. The lowest BCUT2D eigenvalue weighted by molar-refractivity contribution is -0.182. The molecule has 0 radical (unpaired) electrons. The first-order valence-electron chi connectivity index (χ1n) is 5.25. The highest BCUT2D eigenvalue weighted by Gasteiger charge is 2.52. The number of hydrogen-bond donors (Lipinski definition) is 0. The van der Waals surface area contributed by atoms with Gasteiger partial charge in [0.2, 0.25) is 0 Å². The summed E-state index contributed by atoms with van der Waals surface area (Å²) in [5.41, 5.74) is 0. The van der Waals surface area contributed by atoms with Gasteiger partial charge >= 0.3 is 12.3 Å². The van der Waals surface area contributed by atoms with Crippen LogP contribution in [0.1, 0.15) is 25.7 Å². The molecular weight excluding hydrogens is 240 g/mol. The van der Waals surface area contributed by atoms with E-state index in [9.17, 15) is 22.4 Å². The number of rotatable bonds is 4. The smallest absolute Gasteiger partial charge is 0.321 e. The maximum atomic E-state index is 12.9. The molecule has 0 bridgehead atoms. The van der Waals surface area contributed by atoms with E-state index in [4.69, 9.17) is 5.26 Å². The van der Waals surface area contributed by atoms with Crippen LogP contribution in [0.4, 0.5) is 17.6 Å². The lowest BCUT2D eigenvalue weighted by atomic mass is 10.1. The van der Waals surface area contributed by atoms with Gasteiger partial charge in [-0.2, -0.15) is 14.0 Å². The Balaban J connectivity index is 2.83. The van der Waals surface area contributed by atoms with Gasteiger partial charge in [0.25, 0.3) is 5.91 Å². The summed E-state index contributed by atoms with van der Waals surface area (Å²) < 4.78 is 50.0. The summed E-state index contributed by atoms with van der Waals surface area (Å²) in [4.78, 5) is 11.9. The molecule has 1 aliphatic rings. The SMILES string of the molecule is N#CCN(C(=O)C(F)(F)C(F)F)C1CCCC1. The molecule has 0 N–H and O–H groups in total. The molecule has 17 heavy (non-hydrogen) atoms. The first kappa shape index (κ1) is 13.7. The number of hydrogen-bond acceptors (Lipinski definition) is 2. The van der Waals surface area contributed by atoms with E-state index in [-0.39, 0.29) is 0 Å². The number of carbonyl (C=O) groups excluding carboxylic acids is 1. The Morgan fingerprint density at radius 3 is 2.35 bits per heavy atom. The molecule has 1 fully saturated rings. The van der Waals surface area contributed by atoms with E-state index in [0.29, 0.717) is 17.7 Å². The monoisotopic (exact) mass is 252 g/mol. The second-order valence-electron chi connectivity index (χ2n) is 3.95. The van der Waals surface area contributed by atoms with Crippen LogP contribution in [0.5, 0.6) is 0 Å². The summed E-state index contributed by atoms with van der Waals surface area (Å²) in [5, 5.41) is 8.47. The van der Waals surface area contributed by atoms with Crippen molar-refractivity contribution < 1.29 is 22.4 Å². The second-order valence-corrected chi connectivity index (χ2v) is 3.95. The van der Waals surface area contributed by atoms with Gasteiger partial charge in [-0.1, -0.05) is 12.8 Å². The highest BCUT2D eigenvalue weighted by molar-refractivity contribution is 5.84. The Labute approximate surface area is 96.0 Å². The second kappa shape index (κ2) is 5.34. The molecule has 0 heterocycles. The quantitative estimate of drug-likeness (QED) is 0.568. The van der Waals surface area contributed by atoms with Crippen molar-refractivity contribution in [2.75, 3.05) is 6.54 Å². The van der Waals surface area contributed by atoms with Crippen molar-refractivity contribution >= 4 is 5.91 Å². The van der Waals surface area contributed by atoms with E-state index in [1.165, 1.54) is 0 Å². The van der Waals surface area contributed by atoms with Gasteiger partial charge in [-0.05, 0) is 12.8 Å². The molecule has 0 atom stereocenters. The van der Waals surface area contributed by atoms with E-state index >= 15 is 0 Å². The number of alkyl halides is 4. The zero-order chi connectivity index (χ0) is 13.1. The van der Waals surface area contributed by atoms with Crippen LogP contribution in [-0.2, 0) is 4.79 Å². The number of amides is 1. The first-order chi connectivity index (χ1) is 7.91. The fourth-order valence-corrected chi connectivity index (χ4v) is 1.94. The van der Waals surface area contributed by atoms with Gasteiger partial charge in [0.05, 0.1) is 6.07 Å². The molecule has 96 valence electrons. The fourth-order valence-electron chi connectivity index (χ4n) is 1.94. The van der Waals surface area contributed by atoms with Crippen molar-refractivity contribution in [3.05, 3.63) is 0 Å². The van der Waals surface area contributed by atoms with Crippen molar-refractivity contribution in [1.82, 2.24) is 4.90 Å². The van der Waals surface area contributed by atoms with Crippen molar-refractivity contribution in [2.24, 2.45) is 0 Å². The summed E-state index contributed by atoms with van der Waals surface area (Å²) in [7, 11) is 0. The maximum absolute atomic E-state index is 12.9. The molecule has 1 aliphatic carbocycles. The molecule has 0 spiro atoms. The van der Waals surface area contributed by atoms with Gasteiger partial charge in [-0.25, -0.2) is 8.78 Å². The molecule has 1 rings (SSSR count). The van der Waals surface area contributed by atoms with Crippen molar-refractivity contribution in [3.63, 3.8) is 0 Å². The zero-order valence-corrected chi connectivity index (χ0v) is 9.00. The summed E-state index contributed by atoms with van der Waals surface area (Å²) in [6.07, 6.45) is -1.59. The molecule has 0 aromatic carbocycles. The third-order valence-electron chi connectivity index (χ3n) is 2.83. The van der Waals surface area contributed by atoms with E-state index in [0.717, 1.165) is 12.8 Å². The number of nitriles is 1. The number of halogens is 4. The van der Waals surface area contributed by atoms with Crippen LogP contribution in [-0.4, -0.2) is 35.7 Å². The molecule has 0 aliphatic heterocycles. The van der Waals surface area contributed by atoms with Gasteiger partial charge < -0.3 is 4.90 Å². The normalized spacial score (nSPS) is 17.2. The van der Waals surface area contributed by atoms with Crippen LogP contribution in [0.3, 0.4) is 0 Å². The predicted molar refractivity (Wildman–Crippen MR) is 50.5 cm³/mol. The Hall–Kier alpha value is -1.32. The summed E-state index contributed by atoms with van der Waals surface area (Å²) in [6.45, 7) is -0.578. The lowest BCUT2D eigenvalue weighted by Crippen LogP contribution is -2.51. The molecular formula is C10H12F4N2O. The minimum Gasteiger partial charge on any atom is -0.321 e. The van der Waals surface area contributed by atoms with Gasteiger partial charge in [-0.15, -0.1) is 0 Å². The molecule has 3 nitrogen and oxygen atoms in total. The van der Waals surface area contributed by atoms with E-state index in [2.05, 4.69) is 0 Å².